The Morgan fingerprint density at radius 1 is 1.00 bits per heavy atom. The van der Waals surface area contributed by atoms with Gasteiger partial charge in [-0.2, -0.15) is 0 Å². The van der Waals surface area contributed by atoms with E-state index in [0.717, 1.165) is 42.4 Å². The van der Waals surface area contributed by atoms with Crippen molar-refractivity contribution in [3.63, 3.8) is 0 Å². The Morgan fingerprint density at radius 2 is 1.87 bits per heavy atom. The number of aryl methyl sites for hydroxylation is 3. The summed E-state index contributed by atoms with van der Waals surface area (Å²) in [6, 6.07) is 7.75. The minimum absolute atomic E-state index is 0.0209. The largest absolute Gasteiger partial charge is 0.493 e. The lowest BCUT2D eigenvalue weighted by Gasteiger charge is -2.51. The van der Waals surface area contributed by atoms with Gasteiger partial charge >= 0.3 is 0 Å². The summed E-state index contributed by atoms with van der Waals surface area (Å²) in [7, 11) is 3.26. The van der Waals surface area contributed by atoms with E-state index in [4.69, 9.17) is 9.47 Å². The van der Waals surface area contributed by atoms with Crippen molar-refractivity contribution < 1.29 is 23.9 Å². The number of ether oxygens (including phenoxy) is 2. The van der Waals surface area contributed by atoms with Crippen LogP contribution in [0.2, 0.25) is 0 Å². The number of likely N-dealkylation sites (tertiary alicyclic amines) is 1. The van der Waals surface area contributed by atoms with E-state index < -0.39 is 0 Å². The Bertz CT molecular complexity index is 1610. The predicted octanol–water partition coefficient (Wildman–Crippen LogP) is 4.02. The number of fused-ring (bicyclic) bond motifs is 6. The molecular weight excluding hydrogens is 596 g/mol. The van der Waals surface area contributed by atoms with Crippen LogP contribution in [0.5, 0.6) is 11.5 Å². The number of carbonyl (C=O) groups excluding carboxylic acids is 3. The molecule has 2 aromatic heterocycles. The Hall–Kier alpha value is -4.54. The SMILES string of the molecule is COc1cc2cc(c1OC)CCCNC(=O)CCC[C@H]1[C@H]3C[C@@H](CN(C(=O)c4cnc(-c5cccnc5)nc4C)C3)CN1C(=O)CC2. The smallest absolute Gasteiger partial charge is 0.257 e. The molecule has 2 saturated heterocycles. The first kappa shape index (κ1) is 32.4. The van der Waals surface area contributed by atoms with Crippen molar-refractivity contribution in [2.45, 2.75) is 64.3 Å². The number of benzene rings is 1. The fraction of sp³-hybridized carbons (Fsp3) is 0.500. The van der Waals surface area contributed by atoms with Crippen LogP contribution in [0, 0.1) is 18.8 Å². The summed E-state index contributed by atoms with van der Waals surface area (Å²) in [5, 5.41) is 3.06. The maximum absolute atomic E-state index is 13.9. The average Bonchev–Trinajstić information content (AvgIpc) is 3.09. The number of amides is 3. The van der Waals surface area contributed by atoms with Crippen molar-refractivity contribution in [2.24, 2.45) is 11.8 Å². The highest BCUT2D eigenvalue weighted by Gasteiger charge is 2.43. The fourth-order valence-electron chi connectivity index (χ4n) is 7.55. The van der Waals surface area contributed by atoms with Crippen LogP contribution >= 0.6 is 0 Å². The van der Waals surface area contributed by atoms with E-state index in [0.29, 0.717) is 80.4 Å². The lowest BCUT2D eigenvalue weighted by Crippen LogP contribution is -2.60. The Balaban J connectivity index is 1.21. The van der Waals surface area contributed by atoms with Gasteiger partial charge in [0.2, 0.25) is 11.8 Å². The molecule has 0 aliphatic carbocycles. The molecule has 0 unspecified atom stereocenters. The number of hydrogen-bond donors (Lipinski definition) is 1. The number of methoxy groups -OCH3 is 2. The quantitative estimate of drug-likeness (QED) is 0.453. The molecule has 248 valence electrons. The minimum Gasteiger partial charge on any atom is -0.493 e. The molecule has 0 saturated carbocycles. The van der Waals surface area contributed by atoms with E-state index >= 15 is 0 Å². The zero-order chi connectivity index (χ0) is 32.9. The van der Waals surface area contributed by atoms with E-state index in [1.165, 1.54) is 0 Å². The molecule has 3 atom stereocenters. The van der Waals surface area contributed by atoms with Gasteiger partial charge in [-0.25, -0.2) is 9.97 Å². The van der Waals surface area contributed by atoms with Crippen molar-refractivity contribution in [2.75, 3.05) is 40.4 Å². The van der Waals surface area contributed by atoms with Gasteiger partial charge in [-0.05, 0) is 86.6 Å². The summed E-state index contributed by atoms with van der Waals surface area (Å²) in [4.78, 5) is 57.8. The second-order valence-electron chi connectivity index (χ2n) is 13.0. The Labute approximate surface area is 276 Å². The number of piperidine rings is 2. The van der Waals surface area contributed by atoms with Crippen LogP contribution < -0.4 is 14.8 Å². The van der Waals surface area contributed by atoms with Gasteiger partial charge in [0.25, 0.3) is 5.91 Å². The third-order valence-electron chi connectivity index (χ3n) is 9.80. The molecule has 0 spiro atoms. The van der Waals surface area contributed by atoms with Crippen molar-refractivity contribution in [1.82, 2.24) is 30.1 Å². The molecule has 3 amide bonds. The molecule has 11 nitrogen and oxygen atoms in total. The minimum atomic E-state index is -0.0773. The summed E-state index contributed by atoms with van der Waals surface area (Å²) in [6.07, 6.45) is 10.3. The summed E-state index contributed by atoms with van der Waals surface area (Å²) in [5.74, 6) is 2.25. The second-order valence-corrected chi connectivity index (χ2v) is 13.0. The zero-order valence-electron chi connectivity index (χ0n) is 27.5. The van der Waals surface area contributed by atoms with E-state index in [1.54, 1.807) is 32.8 Å². The van der Waals surface area contributed by atoms with E-state index in [-0.39, 0.29) is 35.6 Å². The van der Waals surface area contributed by atoms with Crippen molar-refractivity contribution >= 4 is 17.7 Å². The molecule has 11 heteroatoms. The van der Waals surface area contributed by atoms with E-state index in [9.17, 15) is 14.4 Å². The molecule has 4 bridgehead atoms. The summed E-state index contributed by atoms with van der Waals surface area (Å²) < 4.78 is 11.3. The highest BCUT2D eigenvalue weighted by Crippen LogP contribution is 2.38. The summed E-state index contributed by atoms with van der Waals surface area (Å²) >= 11 is 0. The molecule has 2 fully saturated rings. The number of rotatable bonds is 4. The van der Waals surface area contributed by atoms with Crippen LogP contribution in [0.15, 0.2) is 42.9 Å². The molecule has 3 aliphatic heterocycles. The van der Waals surface area contributed by atoms with E-state index in [2.05, 4.69) is 31.2 Å². The van der Waals surface area contributed by atoms with Crippen LogP contribution in [0.25, 0.3) is 11.4 Å². The maximum Gasteiger partial charge on any atom is 0.257 e. The normalized spacial score (nSPS) is 22.2. The van der Waals surface area contributed by atoms with Gasteiger partial charge in [-0.1, -0.05) is 6.07 Å². The predicted molar refractivity (Wildman–Crippen MR) is 176 cm³/mol. The van der Waals surface area contributed by atoms with Gasteiger partial charge in [-0.15, -0.1) is 0 Å². The highest BCUT2D eigenvalue weighted by molar-refractivity contribution is 5.95. The third kappa shape index (κ3) is 7.24. The molecule has 3 aromatic rings. The molecule has 0 radical (unpaired) electrons. The van der Waals surface area contributed by atoms with Gasteiger partial charge < -0.3 is 24.6 Å². The fourth-order valence-corrected chi connectivity index (χ4v) is 7.55. The number of nitrogens with one attached hydrogen (secondary N) is 1. The van der Waals surface area contributed by atoms with Crippen LogP contribution in [-0.4, -0.2) is 88.9 Å². The lowest BCUT2D eigenvalue weighted by molar-refractivity contribution is -0.140. The monoisotopic (exact) mass is 640 g/mol. The van der Waals surface area contributed by atoms with Gasteiger partial charge in [0, 0.05) is 69.2 Å². The van der Waals surface area contributed by atoms with Gasteiger partial charge in [-0.3, -0.25) is 19.4 Å². The van der Waals surface area contributed by atoms with Crippen LogP contribution in [-0.2, 0) is 22.4 Å². The molecular formula is C36H44N6O5. The average molecular weight is 641 g/mol. The first-order valence-corrected chi connectivity index (χ1v) is 16.7. The number of hydrogen-bond acceptors (Lipinski definition) is 8. The lowest BCUT2D eigenvalue weighted by atomic mass is 9.77. The molecule has 3 aliphatic rings. The zero-order valence-corrected chi connectivity index (χ0v) is 27.5. The third-order valence-corrected chi connectivity index (χ3v) is 9.80. The molecule has 1 aromatic carbocycles. The standard InChI is InChI=1S/C36H44N6O5/c1-23-29(19-39-35(40-23)27-8-5-13-37-18-27)36(45)41-20-25-16-28(22-41)30-9-4-10-32(43)38-14-6-7-26-15-24(11-12-33(44)42(30)21-25)17-31(46-2)34(26)47-3/h5,8,13,15,17-19,25,28,30H,4,6-7,9-12,14,16,20-22H2,1-3H3,(H,38,43)/t25-,28-,30-/m0/s1. The molecule has 47 heavy (non-hydrogen) atoms. The Kier molecular flexibility index (Phi) is 9.98. The first-order valence-electron chi connectivity index (χ1n) is 16.7. The second kappa shape index (κ2) is 14.5. The van der Waals surface area contributed by atoms with Crippen molar-refractivity contribution in [1.29, 1.82) is 0 Å². The number of pyridine rings is 1. The number of carbonyl (C=O) groups is 3. The number of nitrogens with zero attached hydrogens (tertiary/aromatic N) is 5. The van der Waals surface area contributed by atoms with Gasteiger partial charge in [0.15, 0.2) is 17.3 Å². The van der Waals surface area contributed by atoms with Crippen LogP contribution in [0.3, 0.4) is 0 Å². The van der Waals surface area contributed by atoms with Gasteiger partial charge in [0.1, 0.15) is 0 Å². The number of aromatic nitrogens is 3. The van der Waals surface area contributed by atoms with E-state index in [1.807, 2.05) is 30.0 Å². The topological polar surface area (TPSA) is 127 Å². The highest BCUT2D eigenvalue weighted by atomic mass is 16.5. The van der Waals surface area contributed by atoms with Gasteiger partial charge in [0.05, 0.1) is 25.5 Å². The van der Waals surface area contributed by atoms with Crippen molar-refractivity contribution in [3.05, 3.63) is 65.2 Å². The maximum atomic E-state index is 13.9. The first-order chi connectivity index (χ1) is 22.8. The molecule has 1 N–H and O–H groups in total. The summed E-state index contributed by atoms with van der Waals surface area (Å²) in [5.41, 5.74) is 3.96. The molecule has 6 rings (SSSR count). The Morgan fingerprint density at radius 3 is 2.64 bits per heavy atom. The summed E-state index contributed by atoms with van der Waals surface area (Å²) in [6.45, 7) is 4.16. The van der Waals surface area contributed by atoms with Crippen LogP contribution in [0.4, 0.5) is 0 Å². The van der Waals surface area contributed by atoms with Crippen LogP contribution in [0.1, 0.15) is 65.7 Å². The molecule has 5 heterocycles. The van der Waals surface area contributed by atoms with Crippen molar-refractivity contribution in [3.8, 4) is 22.9 Å².